The quantitative estimate of drug-likeness (QED) is 0.129. The topological polar surface area (TPSA) is 97.3 Å². The van der Waals surface area contributed by atoms with Gasteiger partial charge in [0.25, 0.3) is 0 Å². The molecular weight excluding hydrogens is 705 g/mol. The third-order valence-corrected chi connectivity index (χ3v) is 13.3. The molecule has 0 fully saturated rings. The summed E-state index contributed by atoms with van der Waals surface area (Å²) in [6, 6.07) is 3.80. The van der Waals surface area contributed by atoms with Gasteiger partial charge in [-0.15, -0.1) is 26.3 Å². The lowest BCUT2D eigenvalue weighted by Crippen LogP contribution is -2.63. The summed E-state index contributed by atoms with van der Waals surface area (Å²) < 4.78 is 41.7. The van der Waals surface area contributed by atoms with E-state index in [1.165, 1.54) is 0 Å². The second-order valence-corrected chi connectivity index (χ2v) is 19.5. The highest BCUT2D eigenvalue weighted by atomic mass is 16.6. The van der Waals surface area contributed by atoms with Gasteiger partial charge in [-0.25, -0.2) is 9.59 Å². The fourth-order valence-electron chi connectivity index (χ4n) is 9.42. The van der Waals surface area contributed by atoms with Crippen LogP contribution in [0.1, 0.15) is 128 Å². The average molecular weight is 759 g/mol. The molecule has 2 unspecified atom stereocenters. The van der Waals surface area contributed by atoms with E-state index in [1.54, 1.807) is 12.2 Å². The zero-order chi connectivity index (χ0) is 41.0. The lowest BCUT2D eigenvalue weighted by atomic mass is 9.61. The number of hydrogen-bond donors (Lipinski definition) is 0. The SMILES string of the molecule is C=CC(C)(C)c1cc2c3c4c(c(C(C)(C)C=C)c2oc1=O)OC(C)(C)C1Oc2c5c(c(C(C)(C)C=C)c6oc(=O)c(C(C)(C)C=C)cc26)OC(C)(C)C(O3)[C@H]5[C@H]41. The molecule has 2 aromatic carbocycles. The predicted octanol–water partition coefficient (Wildman–Crippen LogP) is 10.5. The molecule has 8 rings (SSSR count). The van der Waals surface area contributed by atoms with Crippen molar-refractivity contribution in [1.29, 1.82) is 0 Å². The van der Waals surface area contributed by atoms with E-state index in [1.807, 2.05) is 107 Å². The Bertz CT molecular complexity index is 2410. The molecule has 2 aromatic heterocycles. The second-order valence-electron chi connectivity index (χ2n) is 19.5. The molecule has 294 valence electrons. The molecule has 4 aliphatic heterocycles. The van der Waals surface area contributed by atoms with Crippen molar-refractivity contribution in [3.8, 4) is 23.0 Å². The molecule has 4 aromatic rings. The van der Waals surface area contributed by atoms with E-state index < -0.39 is 56.3 Å². The lowest BCUT2D eigenvalue weighted by Gasteiger charge is -2.59. The summed E-state index contributed by atoms with van der Waals surface area (Å²) >= 11 is 0. The highest BCUT2D eigenvalue weighted by Gasteiger charge is 2.65. The van der Waals surface area contributed by atoms with Crippen LogP contribution in [-0.4, -0.2) is 23.4 Å². The van der Waals surface area contributed by atoms with E-state index in [2.05, 4.69) is 26.3 Å². The van der Waals surface area contributed by atoms with E-state index in [0.29, 0.717) is 56.1 Å². The van der Waals surface area contributed by atoms with Gasteiger partial charge in [-0.05, 0) is 39.8 Å². The first kappa shape index (κ1) is 37.9. The molecule has 0 bridgehead atoms. The van der Waals surface area contributed by atoms with Crippen molar-refractivity contribution in [1.82, 2.24) is 0 Å². The minimum atomic E-state index is -0.911. The molecule has 56 heavy (non-hydrogen) atoms. The smallest absolute Gasteiger partial charge is 0.340 e. The minimum absolute atomic E-state index is 0.291. The number of ether oxygens (including phenoxy) is 4. The zero-order valence-electron chi connectivity index (χ0n) is 34.9. The van der Waals surface area contributed by atoms with Crippen LogP contribution < -0.4 is 30.2 Å². The Balaban J connectivity index is 1.58. The number of rotatable bonds is 8. The van der Waals surface area contributed by atoms with Crippen LogP contribution in [0.15, 0.2) is 81.2 Å². The fourth-order valence-corrected chi connectivity index (χ4v) is 9.42. The third kappa shape index (κ3) is 4.83. The molecule has 6 heterocycles. The van der Waals surface area contributed by atoms with Crippen molar-refractivity contribution < 1.29 is 27.8 Å². The molecule has 0 N–H and O–H groups in total. The van der Waals surface area contributed by atoms with Crippen LogP contribution in [0.2, 0.25) is 0 Å². The molecule has 0 radical (unpaired) electrons. The van der Waals surface area contributed by atoms with E-state index in [0.717, 1.165) is 22.3 Å². The second kappa shape index (κ2) is 11.3. The Hall–Kier alpha value is -4.98. The molecule has 0 amide bonds. The first-order valence-electron chi connectivity index (χ1n) is 19.5. The Labute approximate surface area is 328 Å². The van der Waals surface area contributed by atoms with E-state index >= 15 is 0 Å². The monoisotopic (exact) mass is 758 g/mol. The summed E-state index contributed by atoms with van der Waals surface area (Å²) in [5.74, 6) is 1.78. The van der Waals surface area contributed by atoms with Crippen molar-refractivity contribution in [3.63, 3.8) is 0 Å². The number of benzene rings is 2. The van der Waals surface area contributed by atoms with Gasteiger partial charge in [0.2, 0.25) is 0 Å². The van der Waals surface area contributed by atoms with Crippen LogP contribution >= 0.6 is 0 Å². The van der Waals surface area contributed by atoms with Gasteiger partial charge in [-0.2, -0.15) is 0 Å². The first-order valence-corrected chi connectivity index (χ1v) is 19.5. The van der Waals surface area contributed by atoms with Gasteiger partial charge in [0, 0.05) is 66.9 Å². The van der Waals surface area contributed by atoms with Crippen LogP contribution in [0.25, 0.3) is 21.9 Å². The van der Waals surface area contributed by atoms with Crippen molar-refractivity contribution >= 4 is 21.9 Å². The van der Waals surface area contributed by atoms with E-state index in [4.69, 9.17) is 27.8 Å². The predicted molar refractivity (Wildman–Crippen MR) is 222 cm³/mol. The Morgan fingerprint density at radius 2 is 0.857 bits per heavy atom. The van der Waals surface area contributed by atoms with Gasteiger partial charge in [0.1, 0.15) is 57.6 Å². The maximum absolute atomic E-state index is 13.9. The standard InChI is InChI=1S/C48H54O8/c1-17-43(5,6)25-21-23-33-29-27-28-30-34(52-40(27)48(15,16)55-37(29)31(45(9,10)19-3)35(23)53-41(25)49)24-22-26(44(7,8)18-2)42(50)54-36(24)32(46(11,12)20-4)38(30)56-47(13,14)39(28)51-33/h17-22,27-28,39-40H,1-4H2,5-16H3/t27-,28+,39?,40?. The number of allylic oxidation sites excluding steroid dienone is 4. The zero-order valence-corrected chi connectivity index (χ0v) is 34.9. The summed E-state index contributed by atoms with van der Waals surface area (Å²) in [6.07, 6.45) is 6.17. The minimum Gasteiger partial charge on any atom is -0.484 e. The summed E-state index contributed by atoms with van der Waals surface area (Å²) in [7, 11) is 0. The Kier molecular flexibility index (Phi) is 7.67. The van der Waals surface area contributed by atoms with Crippen LogP contribution in [0.3, 0.4) is 0 Å². The van der Waals surface area contributed by atoms with Crippen molar-refractivity contribution in [2.45, 2.75) is 140 Å². The number of fused-ring (bicyclic) bond motifs is 4. The molecular formula is C48H54O8. The van der Waals surface area contributed by atoms with Gasteiger partial charge < -0.3 is 27.8 Å². The van der Waals surface area contributed by atoms with E-state index in [-0.39, 0.29) is 11.8 Å². The lowest BCUT2D eigenvalue weighted by molar-refractivity contribution is -0.113. The van der Waals surface area contributed by atoms with Crippen molar-refractivity contribution in [2.75, 3.05) is 0 Å². The molecule has 0 saturated heterocycles. The summed E-state index contributed by atoms with van der Waals surface area (Å²) in [5, 5.41) is 1.33. The van der Waals surface area contributed by atoms with E-state index in [9.17, 15) is 9.59 Å². The van der Waals surface area contributed by atoms with Gasteiger partial charge in [-0.1, -0.05) is 79.7 Å². The molecule has 0 aliphatic carbocycles. The van der Waals surface area contributed by atoms with Crippen LogP contribution in [0.4, 0.5) is 0 Å². The largest absolute Gasteiger partial charge is 0.484 e. The fraction of sp³-hybridized carbons (Fsp3) is 0.458. The molecule has 4 atom stereocenters. The Morgan fingerprint density at radius 3 is 1.16 bits per heavy atom. The van der Waals surface area contributed by atoms with Crippen molar-refractivity contribution in [3.05, 3.63) is 117 Å². The first-order chi connectivity index (χ1) is 25.9. The van der Waals surface area contributed by atoms with Gasteiger partial charge in [0.15, 0.2) is 0 Å². The maximum atomic E-state index is 13.9. The van der Waals surface area contributed by atoms with Crippen molar-refractivity contribution in [2.24, 2.45) is 0 Å². The van der Waals surface area contributed by atoms with Gasteiger partial charge in [-0.3, -0.25) is 0 Å². The maximum Gasteiger partial charge on any atom is 0.340 e. The third-order valence-electron chi connectivity index (χ3n) is 13.3. The highest BCUT2D eigenvalue weighted by molar-refractivity contribution is 5.96. The van der Waals surface area contributed by atoms with Crippen LogP contribution in [-0.2, 0) is 21.7 Å². The summed E-state index contributed by atoms with van der Waals surface area (Å²) in [6.45, 7) is 40.6. The van der Waals surface area contributed by atoms with Crippen LogP contribution in [0.5, 0.6) is 23.0 Å². The summed E-state index contributed by atoms with van der Waals surface area (Å²) in [5.41, 5.74) is -0.615. The van der Waals surface area contributed by atoms with Crippen LogP contribution in [0, 0.1) is 0 Å². The summed E-state index contributed by atoms with van der Waals surface area (Å²) in [4.78, 5) is 27.8. The molecule has 4 aliphatic rings. The molecule has 8 heteroatoms. The normalized spacial score (nSPS) is 22.9. The average Bonchev–Trinajstić information content (AvgIpc) is 3.11. The molecule has 8 nitrogen and oxygen atoms in total. The van der Waals surface area contributed by atoms with Gasteiger partial charge >= 0.3 is 11.3 Å². The Morgan fingerprint density at radius 1 is 0.536 bits per heavy atom. The van der Waals surface area contributed by atoms with Gasteiger partial charge in [0.05, 0.1) is 10.8 Å². The molecule has 0 saturated carbocycles. The number of hydrogen-bond acceptors (Lipinski definition) is 8. The highest BCUT2D eigenvalue weighted by Crippen LogP contribution is 2.69. The molecule has 0 spiro atoms.